The summed E-state index contributed by atoms with van der Waals surface area (Å²) in [6.07, 6.45) is -5.58. The summed E-state index contributed by atoms with van der Waals surface area (Å²) in [5.41, 5.74) is 0. The van der Waals surface area contributed by atoms with E-state index in [4.69, 9.17) is 18.4 Å². The van der Waals surface area contributed by atoms with Crippen molar-refractivity contribution >= 4 is 31.1 Å². The highest BCUT2D eigenvalue weighted by atomic mass is 32.3. The fourth-order valence-corrected chi connectivity index (χ4v) is 3.15. The second-order valence-electron chi connectivity index (χ2n) is 4.26. The Morgan fingerprint density at radius 1 is 1.04 bits per heavy atom. The fourth-order valence-electron chi connectivity index (χ4n) is 1.73. The molecule has 0 radical (unpaired) electrons. The van der Waals surface area contributed by atoms with Crippen LogP contribution >= 0.6 is 0 Å². The van der Waals surface area contributed by atoms with Crippen molar-refractivity contribution in [3.8, 4) is 0 Å². The van der Waals surface area contributed by atoms with Gasteiger partial charge in [0.15, 0.2) is 0 Å². The lowest BCUT2D eigenvalue weighted by Crippen LogP contribution is -2.61. The molecule has 4 atom stereocenters. The first-order chi connectivity index (χ1) is 10.2. The van der Waals surface area contributed by atoms with E-state index in [0.29, 0.717) is 0 Å². The van der Waals surface area contributed by atoms with Crippen molar-refractivity contribution < 1.29 is 57.1 Å². The second kappa shape index (κ2) is 7.19. The Bertz CT molecular complexity index is 711. The number of hydrogen-bond acceptors (Lipinski definition) is 10. The summed E-state index contributed by atoms with van der Waals surface area (Å²) in [6, 6.07) is -1.65. The van der Waals surface area contributed by atoms with Crippen molar-refractivity contribution in [1.29, 1.82) is 0 Å². The lowest BCUT2D eigenvalue weighted by Gasteiger charge is -2.38. The number of aliphatic hydroxyl groups excluding tert-OH is 1. The summed E-state index contributed by atoms with van der Waals surface area (Å²) in [5, 5.41) is 9.86. The molecule has 23 heavy (non-hydrogen) atoms. The van der Waals surface area contributed by atoms with E-state index < -0.39 is 68.7 Å². The van der Waals surface area contributed by atoms with Crippen LogP contribution in [-0.4, -0.2) is 81.6 Å². The van der Waals surface area contributed by atoms with Gasteiger partial charge in [0.2, 0.25) is 0 Å². The van der Waals surface area contributed by atoms with Crippen LogP contribution in [0.2, 0.25) is 0 Å². The van der Waals surface area contributed by atoms with Gasteiger partial charge >= 0.3 is 31.1 Å². The molecule has 0 aromatic carbocycles. The number of hydrogen-bond donors (Lipinski definition) is 5. The Hall–Kier alpha value is -0.470. The summed E-state index contributed by atoms with van der Waals surface area (Å²) in [5.74, 6) is 0. The van der Waals surface area contributed by atoms with E-state index in [1.807, 2.05) is 0 Å². The Labute approximate surface area is 131 Å². The van der Waals surface area contributed by atoms with Crippen molar-refractivity contribution in [3.05, 3.63) is 0 Å². The quantitative estimate of drug-likeness (QED) is 0.261. The van der Waals surface area contributed by atoms with Gasteiger partial charge in [-0.2, -0.15) is 30.0 Å². The molecule has 1 aliphatic heterocycles. The van der Waals surface area contributed by atoms with Crippen molar-refractivity contribution in [2.45, 2.75) is 24.4 Å². The molecule has 0 saturated carbocycles. The zero-order valence-electron chi connectivity index (χ0n) is 10.9. The Morgan fingerprint density at radius 2 is 1.61 bits per heavy atom. The lowest BCUT2D eigenvalue weighted by molar-refractivity contribution is -0.149. The van der Waals surface area contributed by atoms with Crippen LogP contribution in [0.15, 0.2) is 0 Å². The maximum Gasteiger partial charge on any atom is 0.397 e. The highest BCUT2D eigenvalue weighted by Gasteiger charge is 2.44. The molecule has 14 nitrogen and oxygen atoms in total. The fraction of sp³-hybridized carbons (Fsp3) is 1.00. The van der Waals surface area contributed by atoms with E-state index in [1.54, 1.807) is 0 Å². The molecule has 5 N–H and O–H groups in total. The number of ether oxygens (including phenoxy) is 1. The molecule has 138 valence electrons. The van der Waals surface area contributed by atoms with Gasteiger partial charge < -0.3 is 9.84 Å². The molecule has 17 heteroatoms. The predicted molar refractivity (Wildman–Crippen MR) is 68.1 cm³/mol. The van der Waals surface area contributed by atoms with Crippen LogP contribution in [0.3, 0.4) is 0 Å². The summed E-state index contributed by atoms with van der Waals surface area (Å²) in [7, 11) is -14.9. The molecule has 0 aromatic heterocycles. The highest BCUT2D eigenvalue weighted by molar-refractivity contribution is 7.83. The van der Waals surface area contributed by atoms with Crippen molar-refractivity contribution in [2.75, 3.05) is 13.2 Å². The zero-order chi connectivity index (χ0) is 18.1. The number of aliphatic hydroxyl groups is 1. The largest absolute Gasteiger partial charge is 0.397 e. The zero-order valence-corrected chi connectivity index (χ0v) is 13.4. The molecule has 1 fully saturated rings. The van der Waals surface area contributed by atoms with Crippen LogP contribution in [-0.2, 0) is 44.2 Å². The van der Waals surface area contributed by atoms with Gasteiger partial charge in [-0.3, -0.25) is 13.7 Å². The third-order valence-corrected chi connectivity index (χ3v) is 4.02. The third kappa shape index (κ3) is 7.76. The standard InChI is InChI=1S/C6H13NO13S3/c8-5-4(2-19-22(12,13)14)18-1-3(7-21(9,10)11)6(5)20-23(15,16)17/h3-8H,1-2H2,(H,9,10,11)(H,12,13,14)(H,15,16,17)/t3-,4+,5+,6+/m0/s1. The molecular formula is C6H13NO13S3. The van der Waals surface area contributed by atoms with Gasteiger partial charge in [-0.15, -0.1) is 0 Å². The van der Waals surface area contributed by atoms with Crippen molar-refractivity contribution in [1.82, 2.24) is 4.72 Å². The minimum atomic E-state index is -5.15. The minimum absolute atomic E-state index is 0.698. The molecule has 0 aromatic rings. The number of rotatable bonds is 7. The van der Waals surface area contributed by atoms with Gasteiger partial charge in [0.05, 0.1) is 19.3 Å². The minimum Gasteiger partial charge on any atom is -0.387 e. The summed E-state index contributed by atoms with van der Waals surface area (Å²) in [4.78, 5) is 0. The lowest BCUT2D eigenvalue weighted by atomic mass is 9.99. The number of nitrogens with one attached hydrogen (secondary N) is 1. The van der Waals surface area contributed by atoms with E-state index in [0.717, 1.165) is 0 Å². The van der Waals surface area contributed by atoms with Gasteiger partial charge in [0, 0.05) is 0 Å². The van der Waals surface area contributed by atoms with E-state index in [-0.39, 0.29) is 0 Å². The van der Waals surface area contributed by atoms with E-state index >= 15 is 0 Å². The molecule has 0 bridgehead atoms. The highest BCUT2D eigenvalue weighted by Crippen LogP contribution is 2.21. The van der Waals surface area contributed by atoms with Crippen LogP contribution in [0.1, 0.15) is 0 Å². The molecule has 1 rings (SSSR count). The van der Waals surface area contributed by atoms with Gasteiger partial charge in [-0.25, -0.2) is 8.37 Å². The summed E-state index contributed by atoms with van der Waals surface area (Å²) in [6.45, 7) is -1.67. The smallest absolute Gasteiger partial charge is 0.387 e. The molecule has 0 spiro atoms. The molecule has 0 amide bonds. The maximum atomic E-state index is 10.8. The van der Waals surface area contributed by atoms with Gasteiger partial charge in [-0.1, -0.05) is 0 Å². The average molecular weight is 403 g/mol. The van der Waals surface area contributed by atoms with Gasteiger partial charge in [-0.05, 0) is 0 Å². The molecule has 1 saturated heterocycles. The predicted octanol–water partition coefficient (Wildman–Crippen LogP) is -3.49. The Morgan fingerprint density at radius 3 is 2.04 bits per heavy atom. The molecule has 1 heterocycles. The van der Waals surface area contributed by atoms with E-state index in [2.05, 4.69) is 8.37 Å². The van der Waals surface area contributed by atoms with E-state index in [1.165, 1.54) is 4.72 Å². The maximum absolute atomic E-state index is 10.8. The molecule has 0 unspecified atom stereocenters. The summed E-state index contributed by atoms with van der Waals surface area (Å²) < 4.78 is 104. The van der Waals surface area contributed by atoms with Crippen LogP contribution in [0, 0.1) is 0 Å². The second-order valence-corrected chi connectivity index (χ2v) is 7.59. The Balaban J connectivity index is 2.95. The average Bonchev–Trinajstić information content (AvgIpc) is 2.28. The third-order valence-electron chi connectivity index (χ3n) is 2.52. The molecular weight excluding hydrogens is 390 g/mol. The van der Waals surface area contributed by atoms with Crippen molar-refractivity contribution in [3.63, 3.8) is 0 Å². The monoisotopic (exact) mass is 403 g/mol. The Kier molecular flexibility index (Phi) is 6.43. The summed E-state index contributed by atoms with van der Waals surface area (Å²) >= 11 is 0. The molecule has 0 aliphatic carbocycles. The van der Waals surface area contributed by atoms with Crippen LogP contribution in [0.4, 0.5) is 0 Å². The normalized spacial score (nSPS) is 30.3. The first kappa shape index (κ1) is 20.6. The van der Waals surface area contributed by atoms with Crippen LogP contribution in [0.25, 0.3) is 0 Å². The first-order valence-electron chi connectivity index (χ1n) is 5.50. The first-order valence-corrected chi connectivity index (χ1v) is 9.67. The van der Waals surface area contributed by atoms with Crippen molar-refractivity contribution in [2.24, 2.45) is 0 Å². The topological polar surface area (TPSA) is 223 Å². The van der Waals surface area contributed by atoms with Crippen LogP contribution < -0.4 is 4.72 Å². The SMILES string of the molecule is O=S(=O)(O)N[C@H]1CO[C@H](COS(=O)(=O)O)[C@@H](O)[C@@H]1OS(=O)(=O)O. The van der Waals surface area contributed by atoms with Gasteiger partial charge in [0.1, 0.15) is 18.3 Å². The van der Waals surface area contributed by atoms with E-state index in [9.17, 15) is 30.4 Å². The van der Waals surface area contributed by atoms with Crippen LogP contribution in [0.5, 0.6) is 0 Å². The molecule has 1 aliphatic rings. The van der Waals surface area contributed by atoms with Gasteiger partial charge in [0.25, 0.3) is 0 Å².